The standard InChI is InChI=1S/C21H26N4O4/c1-15-7-8-19(25(27)28)21(16(15)2)22-20(26)14-23-9-11-24(12-10-23)17-5-4-6-18(13-17)29-3/h4-8,13H,9-12,14H2,1-3H3,(H,22,26). The van der Waals surface area contributed by atoms with Gasteiger partial charge in [0.05, 0.1) is 18.6 Å². The Hall–Kier alpha value is -3.13. The summed E-state index contributed by atoms with van der Waals surface area (Å²) >= 11 is 0. The zero-order valence-electron chi connectivity index (χ0n) is 17.0. The van der Waals surface area contributed by atoms with Crippen molar-refractivity contribution in [1.82, 2.24) is 4.90 Å². The van der Waals surface area contributed by atoms with Crippen molar-refractivity contribution < 1.29 is 14.5 Å². The number of amides is 1. The minimum Gasteiger partial charge on any atom is -0.497 e. The van der Waals surface area contributed by atoms with E-state index in [1.165, 1.54) is 6.07 Å². The molecule has 0 aromatic heterocycles. The van der Waals surface area contributed by atoms with Crippen molar-refractivity contribution in [3.8, 4) is 5.75 Å². The molecule has 1 saturated heterocycles. The minimum atomic E-state index is -0.463. The summed E-state index contributed by atoms with van der Waals surface area (Å²) in [5.74, 6) is 0.580. The largest absolute Gasteiger partial charge is 0.497 e. The first-order valence-corrected chi connectivity index (χ1v) is 9.55. The van der Waals surface area contributed by atoms with Crippen molar-refractivity contribution in [2.24, 2.45) is 0 Å². The molecule has 1 aliphatic heterocycles. The number of aryl methyl sites for hydroxylation is 1. The number of carbonyl (C=O) groups excluding carboxylic acids is 1. The van der Waals surface area contributed by atoms with Crippen LogP contribution in [-0.2, 0) is 4.79 Å². The predicted molar refractivity (Wildman–Crippen MR) is 113 cm³/mol. The van der Waals surface area contributed by atoms with Gasteiger partial charge in [-0.2, -0.15) is 0 Å². The molecule has 29 heavy (non-hydrogen) atoms. The van der Waals surface area contributed by atoms with E-state index in [-0.39, 0.29) is 23.8 Å². The number of nitrogens with zero attached hydrogens (tertiary/aromatic N) is 3. The van der Waals surface area contributed by atoms with Gasteiger partial charge in [-0.05, 0) is 37.1 Å². The SMILES string of the molecule is COc1cccc(N2CCN(CC(=O)Nc3c([N+](=O)[O-])ccc(C)c3C)CC2)c1. The van der Waals surface area contributed by atoms with E-state index in [0.717, 1.165) is 48.7 Å². The fourth-order valence-electron chi connectivity index (χ4n) is 3.46. The van der Waals surface area contributed by atoms with Crippen LogP contribution in [0, 0.1) is 24.0 Å². The lowest BCUT2D eigenvalue weighted by Gasteiger charge is -2.35. The van der Waals surface area contributed by atoms with Gasteiger partial charge in [0.15, 0.2) is 0 Å². The summed E-state index contributed by atoms with van der Waals surface area (Å²) in [4.78, 5) is 27.7. The number of methoxy groups -OCH3 is 1. The number of hydrogen-bond donors (Lipinski definition) is 1. The minimum absolute atomic E-state index is 0.0794. The lowest BCUT2D eigenvalue weighted by molar-refractivity contribution is -0.384. The third-order valence-corrected chi connectivity index (χ3v) is 5.33. The Bertz CT molecular complexity index is 908. The lowest BCUT2D eigenvalue weighted by Crippen LogP contribution is -2.48. The predicted octanol–water partition coefficient (Wildman–Crippen LogP) is 2.98. The summed E-state index contributed by atoms with van der Waals surface area (Å²) in [5, 5.41) is 14.1. The highest BCUT2D eigenvalue weighted by molar-refractivity contribution is 5.95. The molecule has 3 rings (SSSR count). The van der Waals surface area contributed by atoms with Crippen molar-refractivity contribution in [3.63, 3.8) is 0 Å². The number of rotatable bonds is 6. The zero-order chi connectivity index (χ0) is 21.0. The third-order valence-electron chi connectivity index (χ3n) is 5.33. The number of nitro benzene ring substituents is 1. The molecule has 1 N–H and O–H groups in total. The maximum atomic E-state index is 12.5. The molecule has 1 fully saturated rings. The van der Waals surface area contributed by atoms with E-state index in [0.29, 0.717) is 0 Å². The second-order valence-corrected chi connectivity index (χ2v) is 7.17. The van der Waals surface area contributed by atoms with Gasteiger partial charge in [0.25, 0.3) is 5.69 Å². The molecule has 8 nitrogen and oxygen atoms in total. The Kier molecular flexibility index (Phi) is 6.33. The zero-order valence-corrected chi connectivity index (χ0v) is 17.0. The van der Waals surface area contributed by atoms with E-state index in [4.69, 9.17) is 4.74 Å². The molecule has 0 saturated carbocycles. The van der Waals surface area contributed by atoms with Crippen LogP contribution >= 0.6 is 0 Å². The van der Waals surface area contributed by atoms with Gasteiger partial charge >= 0.3 is 0 Å². The van der Waals surface area contributed by atoms with E-state index in [1.54, 1.807) is 20.1 Å². The molecule has 2 aromatic rings. The molecule has 0 aliphatic carbocycles. The fraction of sp³-hybridized carbons (Fsp3) is 0.381. The van der Waals surface area contributed by atoms with Gasteiger partial charge in [0.1, 0.15) is 11.4 Å². The van der Waals surface area contributed by atoms with E-state index in [9.17, 15) is 14.9 Å². The molecule has 0 unspecified atom stereocenters. The molecule has 0 radical (unpaired) electrons. The van der Waals surface area contributed by atoms with Crippen molar-refractivity contribution in [3.05, 3.63) is 57.6 Å². The van der Waals surface area contributed by atoms with Gasteiger partial charge in [-0.3, -0.25) is 19.8 Å². The smallest absolute Gasteiger partial charge is 0.293 e. The Labute approximate surface area is 170 Å². The van der Waals surface area contributed by atoms with E-state index < -0.39 is 4.92 Å². The molecular formula is C21H26N4O4. The molecule has 154 valence electrons. The molecule has 1 aliphatic rings. The highest BCUT2D eigenvalue weighted by Gasteiger charge is 2.23. The second-order valence-electron chi connectivity index (χ2n) is 7.17. The number of nitrogens with one attached hydrogen (secondary N) is 1. The summed E-state index contributed by atoms with van der Waals surface area (Å²) in [6.45, 7) is 6.92. The van der Waals surface area contributed by atoms with Gasteiger partial charge in [-0.25, -0.2) is 0 Å². The summed E-state index contributed by atoms with van der Waals surface area (Å²) in [5.41, 5.74) is 2.92. The fourth-order valence-corrected chi connectivity index (χ4v) is 3.46. The van der Waals surface area contributed by atoms with Crippen molar-refractivity contribution in [2.75, 3.05) is 50.1 Å². The molecule has 0 spiro atoms. The van der Waals surface area contributed by atoms with Gasteiger partial charge in [-0.15, -0.1) is 0 Å². The lowest BCUT2D eigenvalue weighted by atomic mass is 10.1. The van der Waals surface area contributed by atoms with Crippen molar-refractivity contribution in [1.29, 1.82) is 0 Å². The molecule has 2 aromatic carbocycles. The highest BCUT2D eigenvalue weighted by Crippen LogP contribution is 2.30. The molecule has 0 bridgehead atoms. The number of ether oxygens (including phenoxy) is 1. The van der Waals surface area contributed by atoms with Gasteiger partial charge in [-0.1, -0.05) is 12.1 Å². The summed E-state index contributed by atoms with van der Waals surface area (Å²) in [6.07, 6.45) is 0. The first kappa shape index (κ1) is 20.6. The van der Waals surface area contributed by atoms with Crippen LogP contribution in [0.3, 0.4) is 0 Å². The summed E-state index contributed by atoms with van der Waals surface area (Å²) in [6, 6.07) is 11.1. The van der Waals surface area contributed by atoms with Crippen molar-refractivity contribution in [2.45, 2.75) is 13.8 Å². The van der Waals surface area contributed by atoms with E-state index >= 15 is 0 Å². The monoisotopic (exact) mass is 398 g/mol. The maximum Gasteiger partial charge on any atom is 0.293 e. The first-order chi connectivity index (χ1) is 13.9. The third kappa shape index (κ3) is 4.83. The van der Waals surface area contributed by atoms with Crippen LogP contribution in [0.4, 0.5) is 17.1 Å². The average Bonchev–Trinajstić information content (AvgIpc) is 2.72. The maximum absolute atomic E-state index is 12.5. The number of benzene rings is 2. The number of piperazine rings is 1. The van der Waals surface area contributed by atoms with Crippen LogP contribution in [-0.4, -0.2) is 55.6 Å². The molecule has 8 heteroatoms. The van der Waals surface area contributed by atoms with Crippen LogP contribution in [0.1, 0.15) is 11.1 Å². The first-order valence-electron chi connectivity index (χ1n) is 9.55. The van der Waals surface area contributed by atoms with Crippen LogP contribution in [0.15, 0.2) is 36.4 Å². The average molecular weight is 398 g/mol. The number of hydrogen-bond acceptors (Lipinski definition) is 6. The molecule has 0 atom stereocenters. The summed E-state index contributed by atoms with van der Waals surface area (Å²) < 4.78 is 5.28. The number of nitro groups is 1. The van der Waals surface area contributed by atoms with Crippen LogP contribution in [0.5, 0.6) is 5.75 Å². The van der Waals surface area contributed by atoms with Crippen LogP contribution in [0.2, 0.25) is 0 Å². The quantitative estimate of drug-likeness (QED) is 0.595. The van der Waals surface area contributed by atoms with Crippen LogP contribution < -0.4 is 15.0 Å². The topological polar surface area (TPSA) is 88.0 Å². The van der Waals surface area contributed by atoms with Crippen LogP contribution in [0.25, 0.3) is 0 Å². The number of anilines is 2. The Morgan fingerprint density at radius 2 is 1.90 bits per heavy atom. The van der Waals surface area contributed by atoms with Gasteiger partial charge < -0.3 is 15.0 Å². The Morgan fingerprint density at radius 3 is 2.55 bits per heavy atom. The molecule has 1 amide bonds. The Balaban J connectivity index is 1.59. The number of carbonyl (C=O) groups is 1. The van der Waals surface area contributed by atoms with Crippen molar-refractivity contribution >= 4 is 23.0 Å². The molecule has 1 heterocycles. The Morgan fingerprint density at radius 1 is 1.17 bits per heavy atom. The highest BCUT2D eigenvalue weighted by atomic mass is 16.6. The summed E-state index contributed by atoms with van der Waals surface area (Å²) in [7, 11) is 1.65. The molecular weight excluding hydrogens is 372 g/mol. The van der Waals surface area contributed by atoms with Gasteiger partial charge in [0, 0.05) is 44.0 Å². The normalized spacial score (nSPS) is 14.5. The van der Waals surface area contributed by atoms with E-state index in [2.05, 4.69) is 15.1 Å². The van der Waals surface area contributed by atoms with E-state index in [1.807, 2.05) is 31.2 Å². The second kappa shape index (κ2) is 8.91. The van der Waals surface area contributed by atoms with Gasteiger partial charge in [0.2, 0.25) is 5.91 Å².